The number of ether oxygens (including phenoxy) is 1. The van der Waals surface area contributed by atoms with Crippen LogP contribution in [0.4, 0.5) is 0 Å². The molecule has 124 valence electrons. The minimum absolute atomic E-state index is 0.513. The molecule has 1 saturated heterocycles. The van der Waals surface area contributed by atoms with Gasteiger partial charge in [-0.1, -0.05) is 31.4 Å². The van der Waals surface area contributed by atoms with E-state index in [-0.39, 0.29) is 0 Å². The fourth-order valence-electron chi connectivity index (χ4n) is 5.44. The average molecular weight is 303 g/mol. The van der Waals surface area contributed by atoms with Crippen molar-refractivity contribution in [2.75, 3.05) is 26.2 Å². The van der Waals surface area contributed by atoms with Gasteiger partial charge in [-0.25, -0.2) is 0 Å². The highest BCUT2D eigenvalue weighted by molar-refractivity contribution is 5.42. The van der Waals surface area contributed by atoms with E-state index in [2.05, 4.69) is 25.7 Å². The third-order valence-electron chi connectivity index (χ3n) is 7.26. The smallest absolute Gasteiger partial charge is 0.0648 e. The Morgan fingerprint density at radius 2 is 1.95 bits per heavy atom. The fraction of sp³-hybridized carbons (Fsp3) is 0.900. The van der Waals surface area contributed by atoms with Crippen molar-refractivity contribution in [3.8, 4) is 0 Å². The maximum absolute atomic E-state index is 6.38. The third-order valence-corrected chi connectivity index (χ3v) is 7.26. The molecule has 0 bridgehead atoms. The van der Waals surface area contributed by atoms with Gasteiger partial charge in [0.15, 0.2) is 0 Å². The van der Waals surface area contributed by atoms with Crippen molar-refractivity contribution in [2.45, 2.75) is 65.4 Å². The first-order chi connectivity index (χ1) is 10.6. The Kier molecular flexibility index (Phi) is 3.89. The minimum Gasteiger partial charge on any atom is -0.376 e. The molecular formula is C20H33NO. The molecular weight excluding hydrogens is 270 g/mol. The number of rotatable bonds is 4. The van der Waals surface area contributed by atoms with Gasteiger partial charge in [0, 0.05) is 12.5 Å². The molecule has 22 heavy (non-hydrogen) atoms. The summed E-state index contributed by atoms with van der Waals surface area (Å²) in [5.41, 5.74) is 4.01. The summed E-state index contributed by atoms with van der Waals surface area (Å²) >= 11 is 0. The summed E-state index contributed by atoms with van der Waals surface area (Å²) in [4.78, 5) is 2.60. The topological polar surface area (TPSA) is 12.5 Å². The highest BCUT2D eigenvalue weighted by atomic mass is 16.5. The second kappa shape index (κ2) is 5.63. The van der Waals surface area contributed by atoms with E-state index in [1.54, 1.807) is 11.1 Å². The van der Waals surface area contributed by atoms with Crippen molar-refractivity contribution in [2.24, 2.45) is 23.2 Å². The van der Waals surface area contributed by atoms with Gasteiger partial charge in [0.25, 0.3) is 0 Å². The molecule has 0 aromatic rings. The third kappa shape index (κ3) is 2.57. The first-order valence-corrected chi connectivity index (χ1v) is 9.65. The molecule has 3 fully saturated rings. The van der Waals surface area contributed by atoms with Gasteiger partial charge in [0.1, 0.15) is 0 Å². The van der Waals surface area contributed by atoms with Crippen molar-refractivity contribution in [3.05, 3.63) is 11.1 Å². The van der Waals surface area contributed by atoms with Crippen molar-refractivity contribution in [1.82, 2.24) is 4.90 Å². The van der Waals surface area contributed by atoms with E-state index in [9.17, 15) is 0 Å². The van der Waals surface area contributed by atoms with Gasteiger partial charge in [-0.15, -0.1) is 0 Å². The Morgan fingerprint density at radius 3 is 2.73 bits per heavy atom. The first kappa shape index (κ1) is 15.2. The van der Waals surface area contributed by atoms with E-state index in [1.165, 1.54) is 51.6 Å². The van der Waals surface area contributed by atoms with E-state index < -0.39 is 0 Å². The maximum Gasteiger partial charge on any atom is 0.0648 e. The van der Waals surface area contributed by atoms with E-state index in [0.29, 0.717) is 11.5 Å². The normalized spacial score (nSPS) is 44.9. The van der Waals surface area contributed by atoms with Crippen molar-refractivity contribution in [1.29, 1.82) is 0 Å². The van der Waals surface area contributed by atoms with Crippen LogP contribution in [0, 0.1) is 23.2 Å². The number of hydrogen-bond acceptors (Lipinski definition) is 2. The summed E-state index contributed by atoms with van der Waals surface area (Å²) < 4.78 is 6.38. The number of allylic oxidation sites excluding steroid dienone is 2. The number of hydrogen-bond donors (Lipinski definition) is 0. The molecule has 0 spiro atoms. The summed E-state index contributed by atoms with van der Waals surface area (Å²) in [6.45, 7) is 12.0. The largest absolute Gasteiger partial charge is 0.376 e. The summed E-state index contributed by atoms with van der Waals surface area (Å²) in [5, 5.41) is 0. The Hall–Kier alpha value is -0.340. The monoisotopic (exact) mass is 303 g/mol. The van der Waals surface area contributed by atoms with Crippen LogP contribution in [0.2, 0.25) is 0 Å². The molecule has 0 radical (unpaired) electrons. The van der Waals surface area contributed by atoms with Crippen LogP contribution in [-0.4, -0.2) is 37.2 Å². The predicted molar refractivity (Wildman–Crippen MR) is 90.8 cm³/mol. The number of fused-ring (bicyclic) bond motifs is 3. The number of nitrogens with zero attached hydrogens (tertiary/aromatic N) is 1. The summed E-state index contributed by atoms with van der Waals surface area (Å²) in [7, 11) is 0. The van der Waals surface area contributed by atoms with Gasteiger partial charge in [0.05, 0.1) is 12.7 Å². The van der Waals surface area contributed by atoms with Crippen LogP contribution in [0.15, 0.2) is 11.1 Å². The minimum atomic E-state index is 0.513. The molecule has 2 saturated carbocycles. The zero-order valence-electron chi connectivity index (χ0n) is 14.7. The Labute approximate surface area is 136 Å². The fourth-order valence-corrected chi connectivity index (χ4v) is 5.44. The lowest BCUT2D eigenvalue weighted by Gasteiger charge is -2.26. The van der Waals surface area contributed by atoms with Crippen LogP contribution in [0.5, 0.6) is 0 Å². The molecule has 0 N–H and O–H groups in total. The van der Waals surface area contributed by atoms with E-state index in [0.717, 1.165) is 30.9 Å². The average Bonchev–Trinajstić information content (AvgIpc) is 3.40. The number of piperidine rings is 1. The summed E-state index contributed by atoms with van der Waals surface area (Å²) in [6.07, 6.45) is 8.89. The van der Waals surface area contributed by atoms with Gasteiger partial charge in [-0.2, -0.15) is 0 Å². The number of likely N-dealkylation sites (tertiary alicyclic amines) is 1. The lowest BCUT2D eigenvalue weighted by atomic mass is 9.88. The van der Waals surface area contributed by atoms with Gasteiger partial charge in [-0.05, 0) is 69.4 Å². The molecule has 3 aliphatic carbocycles. The zero-order valence-corrected chi connectivity index (χ0v) is 14.7. The van der Waals surface area contributed by atoms with E-state index in [1.807, 2.05) is 0 Å². The van der Waals surface area contributed by atoms with Gasteiger partial charge in [0.2, 0.25) is 0 Å². The lowest BCUT2D eigenvalue weighted by molar-refractivity contribution is 0.0677. The SMILES string of the molecule is CC1=C2CC2(C)C2C(CCC1C)C2OCCN1CCCCC1. The second-order valence-corrected chi connectivity index (χ2v) is 8.66. The molecule has 0 aromatic carbocycles. The molecule has 1 heterocycles. The molecule has 2 nitrogen and oxygen atoms in total. The van der Waals surface area contributed by atoms with Crippen LogP contribution in [-0.2, 0) is 4.74 Å². The van der Waals surface area contributed by atoms with Crippen LogP contribution < -0.4 is 0 Å². The molecule has 2 heteroatoms. The molecule has 4 aliphatic rings. The van der Waals surface area contributed by atoms with Gasteiger partial charge < -0.3 is 9.64 Å². The van der Waals surface area contributed by atoms with Crippen molar-refractivity contribution >= 4 is 0 Å². The van der Waals surface area contributed by atoms with Gasteiger partial charge >= 0.3 is 0 Å². The van der Waals surface area contributed by atoms with E-state index in [4.69, 9.17) is 4.74 Å². The molecule has 1 aliphatic heterocycles. The van der Waals surface area contributed by atoms with E-state index >= 15 is 0 Å². The van der Waals surface area contributed by atoms with Crippen LogP contribution in [0.25, 0.3) is 0 Å². The van der Waals surface area contributed by atoms with Crippen LogP contribution in [0.1, 0.15) is 59.3 Å². The van der Waals surface area contributed by atoms with Crippen LogP contribution >= 0.6 is 0 Å². The standard InChI is InChI=1S/C20H33NO/c1-14-7-8-16-18(20(3)13-17(20)15(14)2)19(16)22-12-11-21-9-5-4-6-10-21/h14,16,18-19H,4-13H2,1-3H3. The summed E-state index contributed by atoms with van der Waals surface area (Å²) in [6, 6.07) is 0. The summed E-state index contributed by atoms with van der Waals surface area (Å²) in [5.74, 6) is 2.50. The van der Waals surface area contributed by atoms with Crippen molar-refractivity contribution in [3.63, 3.8) is 0 Å². The quantitative estimate of drug-likeness (QED) is 0.720. The highest BCUT2D eigenvalue weighted by Gasteiger charge is 2.67. The highest BCUT2D eigenvalue weighted by Crippen LogP contribution is 2.71. The second-order valence-electron chi connectivity index (χ2n) is 8.66. The molecule has 4 rings (SSSR count). The molecule has 5 unspecified atom stereocenters. The molecule has 0 aromatic heterocycles. The Morgan fingerprint density at radius 1 is 1.18 bits per heavy atom. The molecule has 0 amide bonds. The lowest BCUT2D eigenvalue weighted by Crippen LogP contribution is -2.33. The maximum atomic E-state index is 6.38. The van der Waals surface area contributed by atoms with Crippen LogP contribution in [0.3, 0.4) is 0 Å². The Balaban J connectivity index is 1.32. The zero-order chi connectivity index (χ0) is 15.3. The molecule has 5 atom stereocenters. The van der Waals surface area contributed by atoms with Crippen molar-refractivity contribution < 1.29 is 4.74 Å². The van der Waals surface area contributed by atoms with Gasteiger partial charge in [-0.3, -0.25) is 0 Å². The first-order valence-electron chi connectivity index (χ1n) is 9.65. The predicted octanol–water partition coefficient (Wildman–Crippen LogP) is 4.26. The Bertz CT molecular complexity index is 464.